The smallest absolute Gasteiger partial charge is 0.363 e. The summed E-state index contributed by atoms with van der Waals surface area (Å²) in [5.74, 6) is 0.384. The van der Waals surface area contributed by atoms with E-state index in [9.17, 15) is 10.1 Å². The van der Waals surface area contributed by atoms with Gasteiger partial charge in [-0.25, -0.2) is 0 Å². The molecule has 18 heavy (non-hydrogen) atoms. The number of piperidine rings is 1. The summed E-state index contributed by atoms with van der Waals surface area (Å²) in [4.78, 5) is 16.5. The van der Waals surface area contributed by atoms with E-state index in [-0.39, 0.29) is 5.82 Å². The summed E-state index contributed by atoms with van der Waals surface area (Å²) in [5, 5.41) is 14.0. The summed E-state index contributed by atoms with van der Waals surface area (Å²) in [6.07, 6.45) is 5.06. The quantitative estimate of drug-likeness (QED) is 0.645. The fourth-order valence-electron chi connectivity index (χ4n) is 2.37. The molecule has 7 nitrogen and oxygen atoms in total. The maximum atomic E-state index is 10.8. The second-order valence-electron chi connectivity index (χ2n) is 4.80. The van der Waals surface area contributed by atoms with Crippen molar-refractivity contribution in [1.82, 2.24) is 14.5 Å². The van der Waals surface area contributed by atoms with Gasteiger partial charge in [0, 0.05) is 19.6 Å². The first-order valence-corrected chi connectivity index (χ1v) is 6.19. The van der Waals surface area contributed by atoms with Gasteiger partial charge >= 0.3 is 5.82 Å². The number of anilines is 1. The van der Waals surface area contributed by atoms with Gasteiger partial charge in [0.05, 0.1) is 0 Å². The molecule has 1 aliphatic heterocycles. The summed E-state index contributed by atoms with van der Waals surface area (Å²) < 4.78 is 1.65. The second-order valence-corrected chi connectivity index (χ2v) is 4.80. The molecule has 0 saturated carbocycles. The van der Waals surface area contributed by atoms with E-state index in [0.717, 1.165) is 19.5 Å². The van der Waals surface area contributed by atoms with Crippen molar-refractivity contribution in [3.05, 3.63) is 16.4 Å². The number of aromatic nitrogens is 2. The summed E-state index contributed by atoms with van der Waals surface area (Å²) in [6, 6.07) is 0.438. The van der Waals surface area contributed by atoms with Crippen LogP contribution in [0.2, 0.25) is 0 Å². The van der Waals surface area contributed by atoms with Crippen LogP contribution in [0.15, 0.2) is 6.33 Å². The summed E-state index contributed by atoms with van der Waals surface area (Å²) in [6.45, 7) is 1.82. The van der Waals surface area contributed by atoms with Gasteiger partial charge in [-0.15, -0.1) is 0 Å². The number of hydrogen-bond donors (Lipinski definition) is 1. The van der Waals surface area contributed by atoms with Crippen LogP contribution in [0.5, 0.6) is 0 Å². The fraction of sp³-hybridized carbons (Fsp3) is 0.727. The molecular formula is C11H19N5O2. The number of hydrogen-bond acceptors (Lipinski definition) is 5. The van der Waals surface area contributed by atoms with Crippen LogP contribution in [0.3, 0.4) is 0 Å². The van der Waals surface area contributed by atoms with Gasteiger partial charge in [0.1, 0.15) is 0 Å². The highest BCUT2D eigenvalue weighted by Crippen LogP contribution is 2.22. The highest BCUT2D eigenvalue weighted by Gasteiger charge is 2.23. The molecule has 1 saturated heterocycles. The van der Waals surface area contributed by atoms with Crippen molar-refractivity contribution in [2.75, 3.05) is 25.5 Å². The maximum absolute atomic E-state index is 10.8. The molecule has 0 bridgehead atoms. The van der Waals surface area contributed by atoms with Crippen molar-refractivity contribution >= 4 is 11.6 Å². The topological polar surface area (TPSA) is 76.2 Å². The monoisotopic (exact) mass is 253 g/mol. The number of likely N-dealkylation sites (N-methyl/N-ethyl adjacent to an activating group) is 1. The Kier molecular flexibility index (Phi) is 3.81. The number of imidazole rings is 1. The molecule has 1 aromatic rings. The van der Waals surface area contributed by atoms with Crippen molar-refractivity contribution < 1.29 is 4.92 Å². The van der Waals surface area contributed by atoms with Crippen molar-refractivity contribution in [2.45, 2.75) is 25.3 Å². The van der Waals surface area contributed by atoms with E-state index in [1.807, 2.05) is 0 Å². The zero-order valence-electron chi connectivity index (χ0n) is 10.8. The Hall–Kier alpha value is -1.63. The van der Waals surface area contributed by atoms with E-state index in [0.29, 0.717) is 11.9 Å². The molecule has 1 atom stereocenters. The SMILES string of the molecule is CN1CCCCC1CNc1c([N+](=O)[O-])ncn1C. The molecule has 7 heteroatoms. The van der Waals surface area contributed by atoms with Gasteiger partial charge in [0.15, 0.2) is 0 Å². The molecule has 2 rings (SSSR count). The van der Waals surface area contributed by atoms with Crippen LogP contribution < -0.4 is 5.32 Å². The number of rotatable bonds is 4. The van der Waals surface area contributed by atoms with Gasteiger partial charge in [0.25, 0.3) is 0 Å². The number of nitro groups is 1. The minimum atomic E-state index is -0.451. The van der Waals surface area contributed by atoms with Crippen LogP contribution in [-0.2, 0) is 7.05 Å². The molecule has 0 radical (unpaired) electrons. The van der Waals surface area contributed by atoms with E-state index in [1.165, 1.54) is 19.2 Å². The predicted octanol–water partition coefficient (Wildman–Crippen LogP) is 1.22. The molecule has 1 fully saturated rings. The van der Waals surface area contributed by atoms with E-state index in [2.05, 4.69) is 22.2 Å². The van der Waals surface area contributed by atoms with Crippen molar-refractivity contribution in [1.29, 1.82) is 0 Å². The van der Waals surface area contributed by atoms with Crippen LogP contribution in [-0.4, -0.2) is 45.6 Å². The molecule has 0 aromatic carbocycles. The number of nitrogens with one attached hydrogen (secondary N) is 1. The largest absolute Gasteiger partial charge is 0.406 e. The van der Waals surface area contributed by atoms with E-state index < -0.39 is 4.92 Å². The number of likely N-dealkylation sites (tertiary alicyclic amines) is 1. The predicted molar refractivity (Wildman–Crippen MR) is 68.6 cm³/mol. The van der Waals surface area contributed by atoms with Gasteiger partial charge < -0.3 is 20.3 Å². The van der Waals surface area contributed by atoms with Crippen LogP contribution in [0.25, 0.3) is 0 Å². The number of nitrogens with zero attached hydrogens (tertiary/aromatic N) is 4. The lowest BCUT2D eigenvalue weighted by Crippen LogP contribution is -2.41. The third-order valence-corrected chi connectivity index (χ3v) is 3.52. The van der Waals surface area contributed by atoms with Gasteiger partial charge in [-0.3, -0.25) is 4.57 Å². The van der Waals surface area contributed by atoms with Crippen molar-refractivity contribution in [2.24, 2.45) is 7.05 Å². The first-order valence-electron chi connectivity index (χ1n) is 6.19. The Morgan fingerprint density at radius 2 is 2.33 bits per heavy atom. The van der Waals surface area contributed by atoms with Crippen molar-refractivity contribution in [3.63, 3.8) is 0 Å². The molecule has 1 aliphatic rings. The van der Waals surface area contributed by atoms with Crippen LogP contribution >= 0.6 is 0 Å². The highest BCUT2D eigenvalue weighted by molar-refractivity contribution is 5.52. The third kappa shape index (κ3) is 2.61. The zero-order valence-corrected chi connectivity index (χ0v) is 10.8. The molecule has 0 spiro atoms. The normalized spacial score (nSPS) is 20.9. The first-order chi connectivity index (χ1) is 8.59. The standard InChI is InChI=1S/C11H19N5O2/c1-14-6-4-3-5-9(14)7-12-10-11(16(17)18)13-8-15(10)2/h8-9,12H,3-7H2,1-2H3. The lowest BCUT2D eigenvalue weighted by Gasteiger charge is -2.32. The molecular weight excluding hydrogens is 234 g/mol. The Morgan fingerprint density at radius 3 is 3.00 bits per heavy atom. The average molecular weight is 253 g/mol. The molecule has 1 N–H and O–H groups in total. The summed E-state index contributed by atoms with van der Waals surface area (Å²) >= 11 is 0. The number of aryl methyl sites for hydroxylation is 1. The van der Waals surface area contributed by atoms with Gasteiger partial charge in [-0.1, -0.05) is 6.42 Å². The first kappa shape index (κ1) is 12.8. The molecule has 2 heterocycles. The molecule has 0 aliphatic carbocycles. The lowest BCUT2D eigenvalue weighted by molar-refractivity contribution is -0.388. The molecule has 0 amide bonds. The van der Waals surface area contributed by atoms with E-state index in [1.54, 1.807) is 11.6 Å². The average Bonchev–Trinajstić information content (AvgIpc) is 2.70. The Balaban J connectivity index is 2.01. The molecule has 100 valence electrons. The van der Waals surface area contributed by atoms with Crippen molar-refractivity contribution in [3.8, 4) is 0 Å². The van der Waals surface area contributed by atoms with Gasteiger partial charge in [-0.2, -0.15) is 0 Å². The lowest BCUT2D eigenvalue weighted by atomic mass is 10.0. The van der Waals surface area contributed by atoms with Crippen LogP contribution in [0.4, 0.5) is 11.6 Å². The minimum absolute atomic E-state index is 0.101. The molecule has 1 unspecified atom stereocenters. The second kappa shape index (κ2) is 5.34. The minimum Gasteiger partial charge on any atom is -0.363 e. The summed E-state index contributed by atoms with van der Waals surface area (Å²) in [7, 11) is 3.86. The van der Waals surface area contributed by atoms with E-state index in [4.69, 9.17) is 0 Å². The van der Waals surface area contributed by atoms with Gasteiger partial charge in [0.2, 0.25) is 12.1 Å². The summed E-state index contributed by atoms with van der Waals surface area (Å²) in [5.41, 5.74) is 0. The third-order valence-electron chi connectivity index (χ3n) is 3.52. The zero-order chi connectivity index (χ0) is 13.1. The van der Waals surface area contributed by atoms with Crippen LogP contribution in [0, 0.1) is 10.1 Å². The van der Waals surface area contributed by atoms with Crippen LogP contribution in [0.1, 0.15) is 19.3 Å². The highest BCUT2D eigenvalue weighted by atomic mass is 16.6. The molecule has 1 aromatic heterocycles. The van der Waals surface area contributed by atoms with Gasteiger partial charge in [-0.05, 0) is 36.3 Å². The fourth-order valence-corrected chi connectivity index (χ4v) is 2.37. The Morgan fingerprint density at radius 1 is 1.56 bits per heavy atom. The Bertz CT molecular complexity index is 431. The maximum Gasteiger partial charge on any atom is 0.406 e. The Labute approximate surface area is 106 Å². The van der Waals surface area contributed by atoms with E-state index >= 15 is 0 Å².